The molecular weight excluding hydrogens is 294 g/mol. The predicted molar refractivity (Wildman–Crippen MR) is 76.4 cm³/mol. The van der Waals surface area contributed by atoms with Crippen LogP contribution >= 0.6 is 0 Å². The molecule has 114 valence electrons. The van der Waals surface area contributed by atoms with E-state index in [0.717, 1.165) is 25.9 Å². The molecule has 1 aromatic rings. The van der Waals surface area contributed by atoms with Crippen molar-refractivity contribution in [3.63, 3.8) is 0 Å². The molecule has 0 unspecified atom stereocenters. The van der Waals surface area contributed by atoms with Crippen molar-refractivity contribution in [3.05, 3.63) is 34.4 Å². The minimum atomic E-state index is -3.55. The molecule has 7 nitrogen and oxygen atoms in total. The van der Waals surface area contributed by atoms with Crippen LogP contribution < -0.4 is 5.32 Å². The van der Waals surface area contributed by atoms with Gasteiger partial charge in [0.15, 0.2) is 0 Å². The third-order valence-electron chi connectivity index (χ3n) is 4.47. The van der Waals surface area contributed by atoms with Crippen molar-refractivity contribution in [1.82, 2.24) is 9.62 Å². The Balaban J connectivity index is 1.76. The first-order valence-electron chi connectivity index (χ1n) is 6.88. The fourth-order valence-corrected chi connectivity index (χ4v) is 4.36. The van der Waals surface area contributed by atoms with Gasteiger partial charge in [-0.3, -0.25) is 10.1 Å². The lowest BCUT2D eigenvalue weighted by Crippen LogP contribution is -2.58. The van der Waals surface area contributed by atoms with Crippen molar-refractivity contribution >= 4 is 15.7 Å². The molecule has 2 heterocycles. The third kappa shape index (κ3) is 2.54. The van der Waals surface area contributed by atoms with Crippen molar-refractivity contribution < 1.29 is 13.3 Å². The second-order valence-corrected chi connectivity index (χ2v) is 7.70. The molecule has 0 aliphatic carbocycles. The SMILES string of the molecule is O=[N+]([O-])c1ccc(S(=O)(=O)N2CCC3(CC2)CNC3)cc1. The summed E-state index contributed by atoms with van der Waals surface area (Å²) in [6, 6.07) is 5.08. The summed E-state index contributed by atoms with van der Waals surface area (Å²) < 4.78 is 26.5. The van der Waals surface area contributed by atoms with Crippen LogP contribution in [0.4, 0.5) is 5.69 Å². The van der Waals surface area contributed by atoms with E-state index in [1.165, 1.54) is 28.6 Å². The summed E-state index contributed by atoms with van der Waals surface area (Å²) in [5, 5.41) is 13.9. The number of rotatable bonds is 3. The Morgan fingerprint density at radius 1 is 1.14 bits per heavy atom. The average molecular weight is 311 g/mol. The molecule has 0 aromatic heterocycles. The summed E-state index contributed by atoms with van der Waals surface area (Å²) in [6.07, 6.45) is 1.73. The minimum absolute atomic E-state index is 0.105. The monoisotopic (exact) mass is 311 g/mol. The van der Waals surface area contributed by atoms with E-state index < -0.39 is 14.9 Å². The summed E-state index contributed by atoms with van der Waals surface area (Å²) in [4.78, 5) is 10.2. The summed E-state index contributed by atoms with van der Waals surface area (Å²) >= 11 is 0. The van der Waals surface area contributed by atoms with Crippen LogP contribution in [0.15, 0.2) is 29.2 Å². The molecule has 2 fully saturated rings. The van der Waals surface area contributed by atoms with Crippen LogP contribution in [0.3, 0.4) is 0 Å². The summed E-state index contributed by atoms with van der Waals surface area (Å²) in [5.41, 5.74) is 0.175. The highest BCUT2D eigenvalue weighted by Gasteiger charge is 2.42. The molecule has 21 heavy (non-hydrogen) atoms. The number of nitro groups is 1. The maximum absolute atomic E-state index is 12.5. The second kappa shape index (κ2) is 5.04. The summed E-state index contributed by atoms with van der Waals surface area (Å²) in [6.45, 7) is 2.97. The molecule has 2 aliphatic rings. The van der Waals surface area contributed by atoms with Crippen molar-refractivity contribution in [3.8, 4) is 0 Å². The Labute approximate surface area is 123 Å². The highest BCUT2D eigenvalue weighted by Crippen LogP contribution is 2.36. The van der Waals surface area contributed by atoms with Gasteiger partial charge in [0.1, 0.15) is 0 Å². The lowest BCUT2D eigenvalue weighted by molar-refractivity contribution is -0.384. The average Bonchev–Trinajstić information content (AvgIpc) is 2.46. The van der Waals surface area contributed by atoms with Crippen LogP contribution in [-0.2, 0) is 10.0 Å². The minimum Gasteiger partial charge on any atom is -0.316 e. The maximum Gasteiger partial charge on any atom is 0.269 e. The summed E-state index contributed by atoms with van der Waals surface area (Å²) in [7, 11) is -3.55. The predicted octanol–water partition coefficient (Wildman–Crippen LogP) is 0.969. The van der Waals surface area contributed by atoms with E-state index in [9.17, 15) is 18.5 Å². The smallest absolute Gasteiger partial charge is 0.269 e. The first-order valence-corrected chi connectivity index (χ1v) is 8.32. The van der Waals surface area contributed by atoms with E-state index in [0.29, 0.717) is 13.1 Å². The van der Waals surface area contributed by atoms with Gasteiger partial charge < -0.3 is 5.32 Å². The normalized spacial score (nSPS) is 21.9. The van der Waals surface area contributed by atoms with Crippen LogP contribution in [0.2, 0.25) is 0 Å². The zero-order valence-electron chi connectivity index (χ0n) is 11.5. The Kier molecular flexibility index (Phi) is 3.46. The first-order chi connectivity index (χ1) is 9.93. The molecule has 0 bridgehead atoms. The van der Waals surface area contributed by atoms with Crippen LogP contribution in [-0.4, -0.2) is 43.8 Å². The Hall–Kier alpha value is -1.51. The van der Waals surface area contributed by atoms with E-state index in [1.807, 2.05) is 0 Å². The second-order valence-electron chi connectivity index (χ2n) is 5.76. The highest BCUT2D eigenvalue weighted by atomic mass is 32.2. The number of nitrogens with zero attached hydrogens (tertiary/aromatic N) is 2. The van der Waals surface area contributed by atoms with Crippen LogP contribution in [0.25, 0.3) is 0 Å². The van der Waals surface area contributed by atoms with Gasteiger partial charge in [-0.25, -0.2) is 8.42 Å². The van der Waals surface area contributed by atoms with E-state index in [4.69, 9.17) is 0 Å². The van der Waals surface area contributed by atoms with Gasteiger partial charge in [0.05, 0.1) is 9.82 Å². The van der Waals surface area contributed by atoms with Crippen LogP contribution in [0.5, 0.6) is 0 Å². The highest BCUT2D eigenvalue weighted by molar-refractivity contribution is 7.89. The fraction of sp³-hybridized carbons (Fsp3) is 0.538. The molecule has 1 N–H and O–H groups in total. The van der Waals surface area contributed by atoms with Crippen molar-refractivity contribution in [1.29, 1.82) is 0 Å². The molecule has 2 saturated heterocycles. The van der Waals surface area contributed by atoms with E-state index in [2.05, 4.69) is 5.32 Å². The topological polar surface area (TPSA) is 92.5 Å². The zero-order chi connectivity index (χ0) is 15.1. The fourth-order valence-electron chi connectivity index (χ4n) is 2.92. The maximum atomic E-state index is 12.5. The van der Waals surface area contributed by atoms with Crippen molar-refractivity contribution in [2.45, 2.75) is 17.7 Å². The van der Waals surface area contributed by atoms with Gasteiger partial charge in [-0.2, -0.15) is 4.31 Å². The van der Waals surface area contributed by atoms with Gasteiger partial charge in [-0.05, 0) is 30.4 Å². The molecule has 8 heteroatoms. The van der Waals surface area contributed by atoms with E-state index in [1.54, 1.807) is 0 Å². The third-order valence-corrected chi connectivity index (χ3v) is 6.38. The first kappa shape index (κ1) is 14.4. The van der Waals surface area contributed by atoms with E-state index in [-0.39, 0.29) is 16.0 Å². The van der Waals surface area contributed by atoms with Gasteiger partial charge in [0.25, 0.3) is 5.69 Å². The van der Waals surface area contributed by atoms with Crippen molar-refractivity contribution in [2.75, 3.05) is 26.2 Å². The van der Waals surface area contributed by atoms with E-state index >= 15 is 0 Å². The van der Waals surface area contributed by atoms with Crippen LogP contribution in [0.1, 0.15) is 12.8 Å². The number of nitrogens with one attached hydrogen (secondary N) is 1. The van der Waals surface area contributed by atoms with Crippen molar-refractivity contribution in [2.24, 2.45) is 5.41 Å². The largest absolute Gasteiger partial charge is 0.316 e. The Morgan fingerprint density at radius 3 is 2.14 bits per heavy atom. The molecule has 1 spiro atoms. The standard InChI is InChI=1S/C13H17N3O4S/c17-16(18)11-1-3-12(4-2-11)21(19,20)15-7-5-13(6-8-15)9-14-10-13/h1-4,14H,5-10H2. The lowest BCUT2D eigenvalue weighted by atomic mass is 9.74. The number of hydrogen-bond donors (Lipinski definition) is 1. The molecular formula is C13H17N3O4S. The number of sulfonamides is 1. The Morgan fingerprint density at radius 2 is 1.71 bits per heavy atom. The van der Waals surface area contributed by atoms with Gasteiger partial charge in [-0.1, -0.05) is 0 Å². The number of non-ortho nitro benzene ring substituents is 1. The number of nitro benzene ring substituents is 1. The quantitative estimate of drug-likeness (QED) is 0.663. The molecule has 1 aromatic carbocycles. The molecule has 0 atom stereocenters. The molecule has 3 rings (SSSR count). The molecule has 0 radical (unpaired) electrons. The van der Waals surface area contributed by atoms with Gasteiger partial charge >= 0.3 is 0 Å². The molecule has 0 saturated carbocycles. The molecule has 0 amide bonds. The van der Waals surface area contributed by atoms with Gasteiger partial charge in [0, 0.05) is 38.3 Å². The zero-order valence-corrected chi connectivity index (χ0v) is 12.3. The number of piperidine rings is 1. The van der Waals surface area contributed by atoms with Gasteiger partial charge in [0.2, 0.25) is 10.0 Å². The Bertz CT molecular complexity index is 642. The number of hydrogen-bond acceptors (Lipinski definition) is 5. The number of benzene rings is 1. The van der Waals surface area contributed by atoms with Crippen LogP contribution in [0, 0.1) is 15.5 Å². The molecule has 2 aliphatic heterocycles. The summed E-state index contributed by atoms with van der Waals surface area (Å²) in [5.74, 6) is 0. The van der Waals surface area contributed by atoms with Gasteiger partial charge in [-0.15, -0.1) is 0 Å². The lowest BCUT2D eigenvalue weighted by Gasteiger charge is -2.47.